The Bertz CT molecular complexity index is 846. The van der Waals surface area contributed by atoms with Gasteiger partial charge in [-0.25, -0.2) is 8.98 Å². The summed E-state index contributed by atoms with van der Waals surface area (Å²) in [5, 5.41) is 0. The van der Waals surface area contributed by atoms with Gasteiger partial charge in [0, 0.05) is 6.20 Å². The summed E-state index contributed by atoms with van der Waals surface area (Å²) in [7, 11) is -4.34. The van der Waals surface area contributed by atoms with Gasteiger partial charge in [-0.05, 0) is 38.1 Å². The molecule has 1 atom stereocenters. The number of hydrogen-bond donors (Lipinski definition) is 0. The fourth-order valence-electron chi connectivity index (χ4n) is 1.94. The molecule has 1 aromatic heterocycles. The Morgan fingerprint density at radius 2 is 1.80 bits per heavy atom. The summed E-state index contributed by atoms with van der Waals surface area (Å²) < 4.78 is 34.5. The van der Waals surface area contributed by atoms with Crippen LogP contribution in [0.2, 0.25) is 0 Å². The third-order valence-corrected chi connectivity index (χ3v) is 4.48. The van der Waals surface area contributed by atoms with Crippen molar-refractivity contribution in [2.24, 2.45) is 0 Å². The number of carbonyl (C=O) groups excluding carboxylic acids is 2. The number of benzene rings is 1. The van der Waals surface area contributed by atoms with Crippen molar-refractivity contribution in [2.75, 3.05) is 6.61 Å². The first kappa shape index (κ1) is 18.8. The number of aromatic nitrogens is 1. The molecule has 25 heavy (non-hydrogen) atoms. The minimum atomic E-state index is -4.34. The lowest BCUT2D eigenvalue weighted by molar-refractivity contribution is -0.148. The van der Waals surface area contributed by atoms with Gasteiger partial charge >= 0.3 is 5.97 Å². The van der Waals surface area contributed by atoms with Crippen LogP contribution in [0.1, 0.15) is 23.0 Å². The average molecular weight is 363 g/mol. The molecule has 132 valence electrons. The van der Waals surface area contributed by atoms with E-state index in [1.54, 1.807) is 25.1 Å². The molecule has 0 amide bonds. The highest BCUT2D eigenvalue weighted by Crippen LogP contribution is 2.17. The van der Waals surface area contributed by atoms with Crippen LogP contribution in [0, 0.1) is 6.92 Å². The molecule has 7 nitrogen and oxygen atoms in total. The second-order valence-corrected chi connectivity index (χ2v) is 6.65. The summed E-state index contributed by atoms with van der Waals surface area (Å²) in [5.74, 6) is -1.98. The molecule has 2 aromatic rings. The first-order chi connectivity index (χ1) is 11.8. The largest absolute Gasteiger partial charge is 0.464 e. The molecule has 0 saturated heterocycles. The fraction of sp³-hybridized carbons (Fsp3) is 0.235. The molecule has 0 fully saturated rings. The number of ether oxygens (including phenoxy) is 1. The Morgan fingerprint density at radius 3 is 2.36 bits per heavy atom. The van der Waals surface area contributed by atoms with E-state index in [9.17, 15) is 18.0 Å². The monoisotopic (exact) mass is 363 g/mol. The summed E-state index contributed by atoms with van der Waals surface area (Å²) >= 11 is 0. The maximum absolute atomic E-state index is 12.5. The Morgan fingerprint density at radius 1 is 1.12 bits per heavy atom. The predicted octanol–water partition coefficient (Wildman–Crippen LogP) is 1.91. The van der Waals surface area contributed by atoms with Crippen molar-refractivity contribution in [3.63, 3.8) is 0 Å². The molecule has 1 heterocycles. The lowest BCUT2D eigenvalue weighted by Crippen LogP contribution is -2.37. The molecule has 1 unspecified atom stereocenters. The zero-order valence-electron chi connectivity index (χ0n) is 13.7. The number of hydrogen-bond acceptors (Lipinski definition) is 7. The number of nitrogens with zero attached hydrogens (tertiary/aromatic N) is 1. The average Bonchev–Trinajstić information content (AvgIpc) is 2.60. The number of carbonyl (C=O) groups is 2. The zero-order chi connectivity index (χ0) is 18.4. The molecule has 0 spiro atoms. The summed E-state index contributed by atoms with van der Waals surface area (Å²) in [6, 6.07) is 10.3. The Labute approximate surface area is 145 Å². The molecule has 2 rings (SSSR count). The molecule has 1 aromatic carbocycles. The van der Waals surface area contributed by atoms with Crippen molar-refractivity contribution >= 4 is 21.9 Å². The second-order valence-electron chi connectivity index (χ2n) is 5.07. The van der Waals surface area contributed by atoms with Gasteiger partial charge in [-0.3, -0.25) is 9.78 Å². The maximum Gasteiger partial charge on any atom is 0.345 e. The lowest BCUT2D eigenvalue weighted by Gasteiger charge is -2.15. The number of aryl methyl sites for hydroxylation is 1. The molecule has 0 bridgehead atoms. The first-order valence-corrected chi connectivity index (χ1v) is 8.88. The summed E-state index contributed by atoms with van der Waals surface area (Å²) in [6.07, 6.45) is -0.606. The molecule has 0 aliphatic rings. The van der Waals surface area contributed by atoms with E-state index >= 15 is 0 Å². The topological polar surface area (TPSA) is 99.6 Å². The lowest BCUT2D eigenvalue weighted by atomic mass is 10.1. The summed E-state index contributed by atoms with van der Waals surface area (Å²) in [6.45, 7) is 3.30. The summed E-state index contributed by atoms with van der Waals surface area (Å²) in [4.78, 5) is 28.2. The predicted molar refractivity (Wildman–Crippen MR) is 88.4 cm³/mol. The minimum absolute atomic E-state index is 0.0290. The van der Waals surface area contributed by atoms with Crippen LogP contribution in [0.15, 0.2) is 53.6 Å². The second kappa shape index (κ2) is 8.00. The van der Waals surface area contributed by atoms with E-state index in [1.165, 1.54) is 37.4 Å². The normalized spacial score (nSPS) is 12.4. The van der Waals surface area contributed by atoms with Crippen LogP contribution >= 0.6 is 0 Å². The minimum Gasteiger partial charge on any atom is -0.464 e. The van der Waals surface area contributed by atoms with Gasteiger partial charge in [0.1, 0.15) is 5.69 Å². The zero-order valence-corrected chi connectivity index (χ0v) is 14.5. The van der Waals surface area contributed by atoms with Crippen molar-refractivity contribution in [2.45, 2.75) is 24.8 Å². The van der Waals surface area contributed by atoms with Crippen LogP contribution in [0.4, 0.5) is 0 Å². The molecule has 0 aliphatic heterocycles. The van der Waals surface area contributed by atoms with Crippen molar-refractivity contribution in [3.8, 4) is 0 Å². The quantitative estimate of drug-likeness (QED) is 0.321. The highest BCUT2D eigenvalue weighted by Gasteiger charge is 2.36. The maximum atomic E-state index is 12.5. The van der Waals surface area contributed by atoms with Crippen molar-refractivity contribution in [3.05, 3.63) is 59.9 Å². The molecule has 0 saturated carbocycles. The van der Waals surface area contributed by atoms with Crippen LogP contribution in [0.25, 0.3) is 0 Å². The molecule has 0 N–H and O–H groups in total. The van der Waals surface area contributed by atoms with Crippen LogP contribution in [-0.2, 0) is 23.8 Å². The molecular weight excluding hydrogens is 346 g/mol. The van der Waals surface area contributed by atoms with Crippen molar-refractivity contribution in [1.82, 2.24) is 4.98 Å². The van der Waals surface area contributed by atoms with Crippen LogP contribution in [0.3, 0.4) is 0 Å². The van der Waals surface area contributed by atoms with Crippen molar-refractivity contribution < 1.29 is 26.9 Å². The molecule has 0 radical (unpaired) electrons. The van der Waals surface area contributed by atoms with Crippen molar-refractivity contribution in [1.29, 1.82) is 0 Å². The van der Waals surface area contributed by atoms with E-state index in [2.05, 4.69) is 4.98 Å². The summed E-state index contributed by atoms with van der Waals surface area (Å²) in [5.41, 5.74) is 0.755. The van der Waals surface area contributed by atoms with Gasteiger partial charge in [0.15, 0.2) is 0 Å². The van der Waals surface area contributed by atoms with Gasteiger partial charge in [0.05, 0.1) is 11.5 Å². The Kier molecular flexibility index (Phi) is 6.00. The van der Waals surface area contributed by atoms with E-state index in [0.29, 0.717) is 0 Å². The Hall–Kier alpha value is -2.58. The molecule has 8 heteroatoms. The number of ketones is 1. The van der Waals surface area contributed by atoms with Crippen LogP contribution < -0.4 is 0 Å². The van der Waals surface area contributed by atoms with Gasteiger partial charge in [0.2, 0.25) is 11.9 Å². The Balaban J connectivity index is 2.34. The van der Waals surface area contributed by atoms with Gasteiger partial charge in [-0.1, -0.05) is 23.8 Å². The highest BCUT2D eigenvalue weighted by atomic mass is 32.2. The molecular formula is C17H17NO6S. The third-order valence-electron chi connectivity index (χ3n) is 3.19. The number of Topliss-reactive ketones (excluding diaryl/α,β-unsaturated/α-hetero) is 1. The van der Waals surface area contributed by atoms with E-state index in [4.69, 9.17) is 8.92 Å². The van der Waals surface area contributed by atoms with Crippen LogP contribution in [0.5, 0.6) is 0 Å². The van der Waals surface area contributed by atoms with Gasteiger partial charge in [-0.2, -0.15) is 8.42 Å². The standard InChI is InChI=1S/C17H17NO6S/c1-3-23-17(20)16(15(19)14-6-4-5-11-18-14)24-25(21,22)13-9-7-12(2)8-10-13/h4-11,16H,3H2,1-2H3. The SMILES string of the molecule is CCOC(=O)C(OS(=O)(=O)c1ccc(C)cc1)C(=O)c1ccccn1. The molecule has 0 aliphatic carbocycles. The van der Waals surface area contributed by atoms with Gasteiger partial charge < -0.3 is 4.74 Å². The smallest absolute Gasteiger partial charge is 0.345 e. The van der Waals surface area contributed by atoms with E-state index < -0.39 is 28.0 Å². The third kappa shape index (κ3) is 4.71. The number of pyridine rings is 1. The van der Waals surface area contributed by atoms with Gasteiger partial charge in [0.25, 0.3) is 10.1 Å². The highest BCUT2D eigenvalue weighted by molar-refractivity contribution is 7.86. The fourth-order valence-corrected chi connectivity index (χ4v) is 2.94. The van der Waals surface area contributed by atoms with Gasteiger partial charge in [-0.15, -0.1) is 0 Å². The van der Waals surface area contributed by atoms with E-state index in [1.807, 2.05) is 0 Å². The van der Waals surface area contributed by atoms with E-state index in [-0.39, 0.29) is 17.2 Å². The first-order valence-electron chi connectivity index (χ1n) is 7.47. The van der Waals surface area contributed by atoms with Crippen LogP contribution in [-0.4, -0.2) is 37.9 Å². The number of rotatable bonds is 7. The van der Waals surface area contributed by atoms with E-state index in [0.717, 1.165) is 5.56 Å². The number of esters is 1.